The van der Waals surface area contributed by atoms with Crippen LogP contribution in [0.5, 0.6) is 5.75 Å². The molecule has 3 aromatic carbocycles. The van der Waals surface area contributed by atoms with Gasteiger partial charge in [0.1, 0.15) is 5.75 Å². The maximum Gasteiger partial charge on any atom is 0.119 e. The predicted octanol–water partition coefficient (Wildman–Crippen LogP) is 6.05. The third-order valence-electron chi connectivity index (χ3n) is 4.43. The third kappa shape index (κ3) is 3.63. The Labute approximate surface area is 170 Å². The van der Waals surface area contributed by atoms with Crippen LogP contribution in [0.15, 0.2) is 87.2 Å². The van der Waals surface area contributed by atoms with Crippen molar-refractivity contribution in [2.75, 3.05) is 7.11 Å². The van der Waals surface area contributed by atoms with E-state index >= 15 is 0 Å². The summed E-state index contributed by atoms with van der Waals surface area (Å²) in [5.41, 5.74) is 3.02. The zero-order chi connectivity index (χ0) is 18.8. The van der Waals surface area contributed by atoms with Crippen molar-refractivity contribution in [2.24, 2.45) is 0 Å². The predicted molar refractivity (Wildman–Crippen MR) is 114 cm³/mol. The first kappa shape index (κ1) is 18.2. The molecule has 4 aromatic rings. The summed E-state index contributed by atoms with van der Waals surface area (Å²) in [7, 11) is 1.69. The van der Waals surface area contributed by atoms with Gasteiger partial charge in [0.2, 0.25) is 0 Å². The van der Waals surface area contributed by atoms with Crippen molar-refractivity contribution in [1.82, 2.24) is 4.57 Å². The van der Waals surface area contributed by atoms with Crippen molar-refractivity contribution in [3.05, 3.63) is 83.0 Å². The van der Waals surface area contributed by atoms with E-state index in [0.717, 1.165) is 37.3 Å². The number of fused-ring (bicyclic) bond motifs is 1. The zero-order valence-corrected chi connectivity index (χ0v) is 17.1. The molecule has 0 atom stereocenters. The molecule has 0 unspecified atom stereocenters. The van der Waals surface area contributed by atoms with Gasteiger partial charge in [-0.15, -0.1) is 0 Å². The Hall–Kier alpha value is -2.21. The standard InChI is InChI=1S/C22H18BrNO2S/c1-26-17-9-10-21-19(12-17)22(27-18-5-3-2-4-6-18)13-24(21)16-8-7-15(14-25)20(23)11-16/h2-13,25H,14H2,1H3. The number of aliphatic hydroxyl groups excluding tert-OH is 1. The topological polar surface area (TPSA) is 34.4 Å². The summed E-state index contributed by atoms with van der Waals surface area (Å²) in [5, 5.41) is 10.6. The maximum atomic E-state index is 9.42. The molecule has 0 bridgehead atoms. The molecule has 0 aliphatic heterocycles. The minimum atomic E-state index is 0.0135. The first-order chi connectivity index (χ1) is 13.2. The second-order valence-corrected chi connectivity index (χ2v) is 8.07. The van der Waals surface area contributed by atoms with E-state index in [1.54, 1.807) is 18.9 Å². The highest BCUT2D eigenvalue weighted by molar-refractivity contribution is 9.10. The fourth-order valence-electron chi connectivity index (χ4n) is 3.03. The number of rotatable bonds is 5. The van der Waals surface area contributed by atoms with Crippen molar-refractivity contribution in [1.29, 1.82) is 0 Å². The van der Waals surface area contributed by atoms with Crippen LogP contribution in [0.4, 0.5) is 0 Å². The molecule has 0 amide bonds. The Kier molecular flexibility index (Phi) is 5.25. The Bertz CT molecular complexity index is 1090. The molecule has 4 rings (SSSR count). The first-order valence-corrected chi connectivity index (χ1v) is 10.1. The largest absolute Gasteiger partial charge is 0.497 e. The van der Waals surface area contributed by atoms with Crippen LogP contribution in [0.2, 0.25) is 0 Å². The number of aliphatic hydroxyl groups is 1. The molecule has 27 heavy (non-hydrogen) atoms. The lowest BCUT2D eigenvalue weighted by molar-refractivity contribution is 0.281. The van der Waals surface area contributed by atoms with E-state index in [-0.39, 0.29) is 6.61 Å². The van der Waals surface area contributed by atoms with E-state index in [0.29, 0.717) is 0 Å². The number of nitrogens with zero attached hydrogens (tertiary/aromatic N) is 1. The quantitative estimate of drug-likeness (QED) is 0.411. The van der Waals surface area contributed by atoms with Crippen LogP contribution < -0.4 is 4.74 Å². The molecular formula is C22H18BrNO2S. The number of benzene rings is 3. The number of hydrogen-bond acceptors (Lipinski definition) is 3. The van der Waals surface area contributed by atoms with E-state index in [4.69, 9.17) is 4.74 Å². The van der Waals surface area contributed by atoms with Crippen molar-refractivity contribution in [2.45, 2.75) is 16.4 Å². The van der Waals surface area contributed by atoms with Crippen molar-refractivity contribution < 1.29 is 9.84 Å². The van der Waals surface area contributed by atoms with Gasteiger partial charge in [0.05, 0.1) is 19.2 Å². The fourth-order valence-corrected chi connectivity index (χ4v) is 4.50. The van der Waals surface area contributed by atoms with Gasteiger partial charge in [-0.2, -0.15) is 0 Å². The molecule has 0 fully saturated rings. The highest BCUT2D eigenvalue weighted by Gasteiger charge is 2.13. The van der Waals surface area contributed by atoms with Gasteiger partial charge < -0.3 is 14.4 Å². The molecule has 0 aliphatic rings. The summed E-state index contributed by atoms with van der Waals surface area (Å²) in [6, 6.07) is 22.5. The third-order valence-corrected chi connectivity index (χ3v) is 6.22. The van der Waals surface area contributed by atoms with Crippen LogP contribution in [-0.2, 0) is 6.61 Å². The summed E-state index contributed by atoms with van der Waals surface area (Å²) in [4.78, 5) is 2.36. The van der Waals surface area contributed by atoms with Gasteiger partial charge in [-0.25, -0.2) is 0 Å². The lowest BCUT2D eigenvalue weighted by atomic mass is 10.2. The summed E-state index contributed by atoms with van der Waals surface area (Å²) in [5.74, 6) is 0.840. The van der Waals surface area contributed by atoms with Gasteiger partial charge in [-0.3, -0.25) is 0 Å². The van der Waals surface area contributed by atoms with Crippen molar-refractivity contribution >= 4 is 38.6 Å². The van der Waals surface area contributed by atoms with Crippen LogP contribution in [0, 0.1) is 0 Å². The van der Waals surface area contributed by atoms with Crippen molar-refractivity contribution in [3.8, 4) is 11.4 Å². The summed E-state index contributed by atoms with van der Waals surface area (Å²) >= 11 is 5.29. The minimum absolute atomic E-state index is 0.0135. The second-order valence-electron chi connectivity index (χ2n) is 6.10. The smallest absolute Gasteiger partial charge is 0.119 e. The first-order valence-electron chi connectivity index (χ1n) is 8.51. The molecule has 0 saturated carbocycles. The Balaban J connectivity index is 1.87. The SMILES string of the molecule is COc1ccc2c(c1)c(Sc1ccccc1)cn2-c1ccc(CO)c(Br)c1. The highest BCUT2D eigenvalue weighted by Crippen LogP contribution is 2.38. The van der Waals surface area contributed by atoms with Crippen LogP contribution >= 0.6 is 27.7 Å². The summed E-state index contributed by atoms with van der Waals surface area (Å²) < 4.78 is 8.51. The Morgan fingerprint density at radius 3 is 2.56 bits per heavy atom. The van der Waals surface area contributed by atoms with Gasteiger partial charge >= 0.3 is 0 Å². The molecule has 0 aliphatic carbocycles. The molecular weight excluding hydrogens is 422 g/mol. The van der Waals surface area contributed by atoms with E-state index in [9.17, 15) is 5.11 Å². The Morgan fingerprint density at radius 1 is 1.04 bits per heavy atom. The van der Waals surface area contributed by atoms with Crippen LogP contribution in [0.25, 0.3) is 16.6 Å². The number of hydrogen-bond donors (Lipinski definition) is 1. The minimum Gasteiger partial charge on any atom is -0.497 e. The summed E-state index contributed by atoms with van der Waals surface area (Å²) in [6.45, 7) is 0.0135. The molecule has 3 nitrogen and oxygen atoms in total. The van der Waals surface area contributed by atoms with E-state index < -0.39 is 0 Å². The molecule has 1 N–H and O–H groups in total. The molecule has 0 saturated heterocycles. The average Bonchev–Trinajstić information content (AvgIpc) is 3.06. The molecule has 136 valence electrons. The second kappa shape index (κ2) is 7.80. The lowest BCUT2D eigenvalue weighted by Gasteiger charge is -2.08. The van der Waals surface area contributed by atoms with Gasteiger partial charge in [0, 0.05) is 31.5 Å². The van der Waals surface area contributed by atoms with Crippen LogP contribution in [-0.4, -0.2) is 16.8 Å². The lowest BCUT2D eigenvalue weighted by Crippen LogP contribution is -1.94. The summed E-state index contributed by atoms with van der Waals surface area (Å²) in [6.07, 6.45) is 2.15. The molecule has 0 spiro atoms. The number of methoxy groups -OCH3 is 1. The van der Waals surface area contributed by atoms with E-state index in [2.05, 4.69) is 51.0 Å². The molecule has 1 aromatic heterocycles. The number of aromatic nitrogens is 1. The fraction of sp³-hybridized carbons (Fsp3) is 0.0909. The normalized spacial score (nSPS) is 11.1. The van der Waals surface area contributed by atoms with E-state index in [1.165, 1.54) is 4.90 Å². The van der Waals surface area contributed by atoms with Gasteiger partial charge in [-0.05, 0) is 48.0 Å². The number of halogens is 1. The van der Waals surface area contributed by atoms with Crippen LogP contribution in [0.3, 0.4) is 0 Å². The van der Waals surface area contributed by atoms with Crippen LogP contribution in [0.1, 0.15) is 5.56 Å². The average molecular weight is 440 g/mol. The highest BCUT2D eigenvalue weighted by atomic mass is 79.9. The zero-order valence-electron chi connectivity index (χ0n) is 14.7. The number of ether oxygens (including phenoxy) is 1. The van der Waals surface area contributed by atoms with Crippen molar-refractivity contribution in [3.63, 3.8) is 0 Å². The van der Waals surface area contributed by atoms with E-state index in [1.807, 2.05) is 42.5 Å². The molecule has 0 radical (unpaired) electrons. The van der Waals surface area contributed by atoms with Gasteiger partial charge in [0.15, 0.2) is 0 Å². The molecule has 1 heterocycles. The monoisotopic (exact) mass is 439 g/mol. The van der Waals surface area contributed by atoms with Gasteiger partial charge in [-0.1, -0.05) is 52.0 Å². The maximum absolute atomic E-state index is 9.42. The Morgan fingerprint density at radius 2 is 1.85 bits per heavy atom. The van der Waals surface area contributed by atoms with Gasteiger partial charge in [0.25, 0.3) is 0 Å². The molecule has 5 heteroatoms.